The van der Waals surface area contributed by atoms with E-state index in [0.29, 0.717) is 34.4 Å². The Labute approximate surface area is 287 Å². The van der Waals surface area contributed by atoms with Crippen LogP contribution in [0, 0.1) is 0 Å². The molecule has 2 amide bonds. The molecule has 4 rings (SSSR count). The van der Waals surface area contributed by atoms with Crippen molar-refractivity contribution in [2.45, 2.75) is 57.1 Å². The van der Waals surface area contributed by atoms with Crippen LogP contribution in [-0.4, -0.2) is 50.4 Å². The number of carbonyl (C=O) groups is 2. The smallest absolute Gasteiger partial charge is 0.264 e. The summed E-state index contributed by atoms with van der Waals surface area (Å²) in [5.74, 6) is -0.359. The third kappa shape index (κ3) is 9.73. The van der Waals surface area contributed by atoms with Crippen LogP contribution >= 0.6 is 23.2 Å². The maximum absolute atomic E-state index is 14.6. The molecule has 2 atom stereocenters. The lowest BCUT2D eigenvalue weighted by Crippen LogP contribution is -2.54. The minimum absolute atomic E-state index is 0.0168. The third-order valence-corrected chi connectivity index (χ3v) is 9.91. The van der Waals surface area contributed by atoms with Crippen molar-refractivity contribution in [2.24, 2.45) is 0 Å². The Kier molecular flexibility index (Phi) is 12.7. The first-order chi connectivity index (χ1) is 22.5. The molecular formula is C36H39Cl2N3O5S. The van der Waals surface area contributed by atoms with Gasteiger partial charge in [0.1, 0.15) is 18.3 Å². The second-order valence-corrected chi connectivity index (χ2v) is 13.8. The molecular weight excluding hydrogens is 657 g/mol. The Morgan fingerprint density at radius 1 is 0.830 bits per heavy atom. The molecule has 47 heavy (non-hydrogen) atoms. The number of nitrogens with one attached hydrogen (secondary N) is 1. The highest BCUT2D eigenvalue weighted by atomic mass is 35.5. The molecule has 4 aromatic carbocycles. The molecule has 0 fully saturated rings. The van der Waals surface area contributed by atoms with Crippen LogP contribution in [0.1, 0.15) is 38.3 Å². The van der Waals surface area contributed by atoms with Gasteiger partial charge in [-0.1, -0.05) is 72.6 Å². The van der Waals surface area contributed by atoms with Crippen LogP contribution in [0.2, 0.25) is 10.0 Å². The molecule has 0 radical (unpaired) electrons. The standard InChI is InChI=1S/C36H39Cl2N3O5S/c1-4-26(3)39-36(43)34(23-27-10-7-6-8-11-27)40(24-28-12-9-13-30(38)22-28)35(42)25-41(31-16-18-32(19-17-31)46-5-2)47(44,45)33-20-14-29(37)15-21-33/h6-22,26,34H,4-5,23-25H2,1-3H3,(H,39,43)/t26-,34-/m0/s1. The van der Waals surface area contributed by atoms with Crippen LogP contribution in [0.15, 0.2) is 108 Å². The van der Waals surface area contributed by atoms with E-state index in [1.54, 1.807) is 42.5 Å². The van der Waals surface area contributed by atoms with Gasteiger partial charge >= 0.3 is 0 Å². The molecule has 4 aromatic rings. The summed E-state index contributed by atoms with van der Waals surface area (Å²) in [7, 11) is -4.27. The lowest BCUT2D eigenvalue weighted by Gasteiger charge is -2.34. The van der Waals surface area contributed by atoms with Gasteiger partial charge in [0.05, 0.1) is 17.2 Å². The van der Waals surface area contributed by atoms with Gasteiger partial charge in [-0.2, -0.15) is 0 Å². The zero-order valence-corrected chi connectivity index (χ0v) is 28.9. The van der Waals surface area contributed by atoms with Gasteiger partial charge in [-0.15, -0.1) is 0 Å². The van der Waals surface area contributed by atoms with E-state index < -0.39 is 28.5 Å². The molecule has 0 saturated carbocycles. The topological polar surface area (TPSA) is 96.0 Å². The monoisotopic (exact) mass is 695 g/mol. The first-order valence-electron chi connectivity index (χ1n) is 15.4. The van der Waals surface area contributed by atoms with Gasteiger partial charge < -0.3 is 15.0 Å². The van der Waals surface area contributed by atoms with Crippen molar-refractivity contribution in [1.29, 1.82) is 0 Å². The number of carbonyl (C=O) groups excluding carboxylic acids is 2. The van der Waals surface area contributed by atoms with Crippen LogP contribution in [0.4, 0.5) is 5.69 Å². The minimum Gasteiger partial charge on any atom is -0.494 e. The molecule has 0 bridgehead atoms. The quantitative estimate of drug-likeness (QED) is 0.143. The molecule has 0 saturated heterocycles. The van der Waals surface area contributed by atoms with Gasteiger partial charge in [0.2, 0.25) is 11.8 Å². The van der Waals surface area contributed by atoms with Gasteiger partial charge in [-0.3, -0.25) is 13.9 Å². The second kappa shape index (κ2) is 16.7. The summed E-state index contributed by atoms with van der Waals surface area (Å²) in [6.07, 6.45) is 0.902. The van der Waals surface area contributed by atoms with Crippen molar-refractivity contribution in [2.75, 3.05) is 17.5 Å². The maximum atomic E-state index is 14.6. The molecule has 248 valence electrons. The summed E-state index contributed by atoms with van der Waals surface area (Å²) in [5.41, 5.74) is 1.79. The number of halogens is 2. The molecule has 0 unspecified atom stereocenters. The minimum atomic E-state index is -4.27. The van der Waals surface area contributed by atoms with E-state index in [4.69, 9.17) is 27.9 Å². The number of benzene rings is 4. The number of anilines is 1. The Morgan fingerprint density at radius 2 is 1.49 bits per heavy atom. The van der Waals surface area contributed by atoms with Gasteiger partial charge in [0.25, 0.3) is 10.0 Å². The molecule has 0 aliphatic carbocycles. The highest BCUT2D eigenvalue weighted by molar-refractivity contribution is 7.92. The van der Waals surface area contributed by atoms with Crippen LogP contribution in [0.3, 0.4) is 0 Å². The molecule has 0 aromatic heterocycles. The summed E-state index contributed by atoms with van der Waals surface area (Å²) in [6, 6.07) is 27.5. The molecule has 0 spiro atoms. The van der Waals surface area contributed by atoms with Crippen LogP contribution in [-0.2, 0) is 32.6 Å². The van der Waals surface area contributed by atoms with E-state index in [9.17, 15) is 18.0 Å². The largest absolute Gasteiger partial charge is 0.494 e. The summed E-state index contributed by atoms with van der Waals surface area (Å²) < 4.78 is 35.0. The van der Waals surface area contributed by atoms with E-state index in [1.165, 1.54) is 29.2 Å². The number of hydrogen-bond acceptors (Lipinski definition) is 5. The molecule has 8 nitrogen and oxygen atoms in total. The van der Waals surface area contributed by atoms with Crippen molar-refractivity contribution < 1.29 is 22.7 Å². The Hall–Kier alpha value is -4.05. The zero-order valence-electron chi connectivity index (χ0n) is 26.6. The number of rotatable bonds is 15. The highest BCUT2D eigenvalue weighted by Crippen LogP contribution is 2.28. The normalized spacial score (nSPS) is 12.5. The average molecular weight is 697 g/mol. The summed E-state index contributed by atoms with van der Waals surface area (Å²) >= 11 is 12.4. The van der Waals surface area contributed by atoms with E-state index in [-0.39, 0.29) is 35.5 Å². The Morgan fingerprint density at radius 3 is 2.11 bits per heavy atom. The van der Waals surface area contributed by atoms with Gasteiger partial charge in [-0.05, 0) is 92.1 Å². The number of nitrogens with zero attached hydrogens (tertiary/aromatic N) is 2. The zero-order chi connectivity index (χ0) is 34.0. The lowest BCUT2D eigenvalue weighted by atomic mass is 10.0. The SMILES string of the molecule is CCOc1ccc(N(CC(=O)N(Cc2cccc(Cl)c2)[C@@H](Cc2ccccc2)C(=O)N[C@@H](C)CC)S(=O)(=O)c2ccc(Cl)cc2)cc1. The molecule has 0 aliphatic heterocycles. The van der Waals surface area contributed by atoms with Crippen molar-refractivity contribution >= 4 is 50.7 Å². The van der Waals surface area contributed by atoms with Gasteiger partial charge in [0.15, 0.2) is 0 Å². The van der Waals surface area contributed by atoms with Crippen molar-refractivity contribution in [1.82, 2.24) is 10.2 Å². The average Bonchev–Trinajstić information content (AvgIpc) is 3.06. The highest BCUT2D eigenvalue weighted by Gasteiger charge is 2.35. The predicted molar refractivity (Wildman–Crippen MR) is 187 cm³/mol. The molecule has 11 heteroatoms. The van der Waals surface area contributed by atoms with E-state index in [2.05, 4.69) is 5.32 Å². The number of ether oxygens (including phenoxy) is 1. The predicted octanol–water partition coefficient (Wildman–Crippen LogP) is 7.14. The van der Waals surface area contributed by atoms with Gasteiger partial charge in [-0.25, -0.2) is 8.42 Å². The third-order valence-electron chi connectivity index (χ3n) is 7.63. The lowest BCUT2D eigenvalue weighted by molar-refractivity contribution is -0.140. The van der Waals surface area contributed by atoms with Crippen molar-refractivity contribution in [3.05, 3.63) is 124 Å². The number of sulfonamides is 1. The van der Waals surface area contributed by atoms with E-state index in [1.807, 2.05) is 57.2 Å². The fourth-order valence-corrected chi connectivity index (χ4v) is 6.72. The van der Waals surface area contributed by atoms with Crippen molar-refractivity contribution in [3.8, 4) is 5.75 Å². The fourth-order valence-electron chi connectivity index (χ4n) is 4.96. The van der Waals surface area contributed by atoms with E-state index >= 15 is 0 Å². The summed E-state index contributed by atoms with van der Waals surface area (Å²) in [6.45, 7) is 5.58. The first-order valence-corrected chi connectivity index (χ1v) is 17.6. The maximum Gasteiger partial charge on any atom is 0.264 e. The summed E-state index contributed by atoms with van der Waals surface area (Å²) in [4.78, 5) is 29.9. The second-order valence-electron chi connectivity index (χ2n) is 11.1. The van der Waals surface area contributed by atoms with Crippen molar-refractivity contribution in [3.63, 3.8) is 0 Å². The summed E-state index contributed by atoms with van der Waals surface area (Å²) in [5, 5.41) is 3.87. The van der Waals surface area contributed by atoms with Crippen LogP contribution in [0.25, 0.3) is 0 Å². The molecule has 0 heterocycles. The van der Waals surface area contributed by atoms with E-state index in [0.717, 1.165) is 9.87 Å². The molecule has 1 N–H and O–H groups in total. The fraction of sp³-hybridized carbons (Fsp3) is 0.278. The van der Waals surface area contributed by atoms with Crippen LogP contribution in [0.5, 0.6) is 5.75 Å². The Balaban J connectivity index is 1.81. The number of hydrogen-bond donors (Lipinski definition) is 1. The molecule has 0 aliphatic rings. The van der Waals surface area contributed by atoms with Gasteiger partial charge in [0, 0.05) is 29.1 Å². The number of amides is 2. The first kappa shape index (κ1) is 35.8. The Bertz CT molecular complexity index is 1740. The van der Waals surface area contributed by atoms with Crippen LogP contribution < -0.4 is 14.4 Å².